The van der Waals surface area contributed by atoms with Crippen molar-refractivity contribution in [2.75, 3.05) is 0 Å². The molecule has 0 atom stereocenters. The molecule has 0 radical (unpaired) electrons. The number of allylic oxidation sites excluding steroid dienone is 1. The van der Waals surface area contributed by atoms with Gasteiger partial charge in [-0.2, -0.15) is 0 Å². The molecule has 1 saturated carbocycles. The van der Waals surface area contributed by atoms with Gasteiger partial charge >= 0.3 is 0 Å². The average Bonchev–Trinajstić information content (AvgIpc) is 2.55. The summed E-state index contributed by atoms with van der Waals surface area (Å²) in [5.74, 6) is 0.174. The van der Waals surface area contributed by atoms with Crippen molar-refractivity contribution in [1.82, 2.24) is 5.32 Å². The van der Waals surface area contributed by atoms with Gasteiger partial charge in [0, 0.05) is 11.1 Å². The first-order valence-electron chi connectivity index (χ1n) is 4.71. The smallest absolute Gasteiger partial charge is 0.247 e. The lowest BCUT2D eigenvalue weighted by molar-refractivity contribution is -0.118. The Bertz CT molecular complexity index is 238. The van der Waals surface area contributed by atoms with Crippen molar-refractivity contribution in [2.45, 2.75) is 44.6 Å². The second kappa shape index (κ2) is 2.61. The Balaban J connectivity index is 1.91. The zero-order chi connectivity index (χ0) is 8.60. The lowest BCUT2D eigenvalue weighted by atomic mass is 10.2. The molecule has 1 amide bonds. The van der Waals surface area contributed by atoms with Crippen LogP contribution in [0.25, 0.3) is 0 Å². The van der Waals surface area contributed by atoms with E-state index in [2.05, 4.69) is 18.3 Å². The van der Waals surface area contributed by atoms with Crippen LogP contribution in [-0.4, -0.2) is 11.4 Å². The zero-order valence-corrected chi connectivity index (χ0v) is 7.52. The molecular weight excluding hydrogens is 150 g/mol. The fourth-order valence-electron chi connectivity index (χ4n) is 1.54. The topological polar surface area (TPSA) is 29.1 Å². The minimum absolute atomic E-state index is 0.139. The van der Waals surface area contributed by atoms with E-state index in [0.717, 1.165) is 37.7 Å². The average molecular weight is 165 g/mol. The van der Waals surface area contributed by atoms with E-state index in [1.165, 1.54) is 0 Å². The van der Waals surface area contributed by atoms with E-state index in [-0.39, 0.29) is 11.4 Å². The van der Waals surface area contributed by atoms with Crippen LogP contribution >= 0.6 is 0 Å². The molecule has 66 valence electrons. The van der Waals surface area contributed by atoms with E-state index < -0.39 is 0 Å². The quantitative estimate of drug-likeness (QED) is 0.663. The Morgan fingerprint density at radius 3 is 2.83 bits per heavy atom. The Kier molecular flexibility index (Phi) is 1.71. The van der Waals surface area contributed by atoms with Crippen molar-refractivity contribution in [3.8, 4) is 0 Å². The molecular formula is C10H15NO. The second-order valence-corrected chi connectivity index (χ2v) is 4.14. The molecule has 0 spiro atoms. The van der Waals surface area contributed by atoms with Crippen LogP contribution in [0.5, 0.6) is 0 Å². The Morgan fingerprint density at radius 1 is 1.58 bits per heavy atom. The number of nitrogens with one attached hydrogen (secondary N) is 1. The summed E-state index contributed by atoms with van der Waals surface area (Å²) >= 11 is 0. The van der Waals surface area contributed by atoms with Crippen molar-refractivity contribution in [2.24, 2.45) is 0 Å². The van der Waals surface area contributed by atoms with E-state index in [9.17, 15) is 4.79 Å². The predicted octanol–water partition coefficient (Wildman–Crippen LogP) is 1.77. The summed E-state index contributed by atoms with van der Waals surface area (Å²) in [6, 6.07) is 0. The van der Waals surface area contributed by atoms with E-state index >= 15 is 0 Å². The van der Waals surface area contributed by atoms with E-state index in [4.69, 9.17) is 0 Å². The van der Waals surface area contributed by atoms with Crippen LogP contribution in [0, 0.1) is 0 Å². The lowest BCUT2D eigenvalue weighted by Crippen LogP contribution is -2.34. The maximum Gasteiger partial charge on any atom is 0.247 e. The van der Waals surface area contributed by atoms with E-state index in [1.54, 1.807) is 0 Å². The first-order chi connectivity index (χ1) is 5.70. The van der Waals surface area contributed by atoms with Gasteiger partial charge in [-0.3, -0.25) is 4.79 Å². The van der Waals surface area contributed by atoms with Crippen LogP contribution in [0.3, 0.4) is 0 Å². The number of hydrogen-bond acceptors (Lipinski definition) is 1. The monoisotopic (exact) mass is 165 g/mol. The molecule has 0 heterocycles. The summed E-state index contributed by atoms with van der Waals surface area (Å²) in [7, 11) is 0. The number of carbonyl (C=O) groups excluding carboxylic acids is 1. The molecule has 2 aliphatic rings. The summed E-state index contributed by atoms with van der Waals surface area (Å²) in [5, 5.41) is 3.06. The molecule has 2 rings (SSSR count). The molecule has 1 fully saturated rings. The maximum atomic E-state index is 11.5. The molecule has 2 nitrogen and oxygen atoms in total. The summed E-state index contributed by atoms with van der Waals surface area (Å²) < 4.78 is 0. The van der Waals surface area contributed by atoms with Crippen molar-refractivity contribution in [3.63, 3.8) is 0 Å². The first-order valence-corrected chi connectivity index (χ1v) is 4.71. The molecule has 2 aliphatic carbocycles. The third kappa shape index (κ3) is 1.52. The van der Waals surface area contributed by atoms with Crippen LogP contribution in [0.4, 0.5) is 0 Å². The van der Waals surface area contributed by atoms with E-state index in [1.807, 2.05) is 0 Å². The number of rotatable bonds is 2. The van der Waals surface area contributed by atoms with Gasteiger partial charge < -0.3 is 5.32 Å². The van der Waals surface area contributed by atoms with Crippen molar-refractivity contribution in [3.05, 3.63) is 11.6 Å². The molecule has 12 heavy (non-hydrogen) atoms. The zero-order valence-electron chi connectivity index (χ0n) is 7.52. The van der Waals surface area contributed by atoms with Crippen molar-refractivity contribution < 1.29 is 4.79 Å². The molecule has 0 aromatic heterocycles. The normalized spacial score (nSPS) is 24.9. The van der Waals surface area contributed by atoms with Gasteiger partial charge in [-0.15, -0.1) is 0 Å². The van der Waals surface area contributed by atoms with Crippen LogP contribution in [0.1, 0.15) is 39.0 Å². The van der Waals surface area contributed by atoms with Gasteiger partial charge in [-0.1, -0.05) is 6.08 Å². The number of carbonyl (C=O) groups is 1. The molecule has 0 unspecified atom stereocenters. The molecule has 0 aliphatic heterocycles. The maximum absolute atomic E-state index is 11.5. The third-order valence-corrected chi connectivity index (χ3v) is 2.75. The highest BCUT2D eigenvalue weighted by Crippen LogP contribution is 2.35. The van der Waals surface area contributed by atoms with Crippen LogP contribution in [0.15, 0.2) is 11.6 Å². The second-order valence-electron chi connectivity index (χ2n) is 4.14. The molecule has 0 bridgehead atoms. The minimum atomic E-state index is 0.139. The van der Waals surface area contributed by atoms with E-state index in [0.29, 0.717) is 0 Å². The number of amides is 1. The van der Waals surface area contributed by atoms with Crippen LogP contribution < -0.4 is 5.32 Å². The standard InChI is InChI=1S/C10H15NO/c1-10(6-7-10)11-9(12)8-4-2-3-5-8/h4H,2-3,5-7H2,1H3,(H,11,12). The fraction of sp³-hybridized carbons (Fsp3) is 0.700. The summed E-state index contributed by atoms with van der Waals surface area (Å²) in [6.45, 7) is 2.11. The van der Waals surface area contributed by atoms with Crippen LogP contribution in [0.2, 0.25) is 0 Å². The molecule has 0 aromatic rings. The summed E-state index contributed by atoms with van der Waals surface area (Å²) in [4.78, 5) is 11.5. The van der Waals surface area contributed by atoms with Gasteiger partial charge in [0.15, 0.2) is 0 Å². The fourth-order valence-corrected chi connectivity index (χ4v) is 1.54. The van der Waals surface area contributed by atoms with Gasteiger partial charge in [0.05, 0.1) is 0 Å². The van der Waals surface area contributed by atoms with Gasteiger partial charge in [0.2, 0.25) is 5.91 Å². The van der Waals surface area contributed by atoms with Gasteiger partial charge in [0.25, 0.3) is 0 Å². The Hall–Kier alpha value is -0.790. The van der Waals surface area contributed by atoms with Gasteiger partial charge in [-0.25, -0.2) is 0 Å². The third-order valence-electron chi connectivity index (χ3n) is 2.75. The SMILES string of the molecule is CC1(NC(=O)C2=CCCC2)CC1. The van der Waals surface area contributed by atoms with Crippen molar-refractivity contribution in [1.29, 1.82) is 0 Å². The highest BCUT2D eigenvalue weighted by atomic mass is 16.1. The Labute approximate surface area is 73.0 Å². The first kappa shape index (κ1) is 7.84. The molecule has 0 saturated heterocycles. The van der Waals surface area contributed by atoms with Gasteiger partial charge in [-0.05, 0) is 39.0 Å². The predicted molar refractivity (Wildman–Crippen MR) is 47.7 cm³/mol. The Morgan fingerprint density at radius 2 is 2.33 bits per heavy atom. The summed E-state index contributed by atoms with van der Waals surface area (Å²) in [6.07, 6.45) is 7.57. The molecule has 1 N–H and O–H groups in total. The highest BCUT2D eigenvalue weighted by Gasteiger charge is 2.39. The number of hydrogen-bond donors (Lipinski definition) is 1. The minimum Gasteiger partial charge on any atom is -0.347 e. The van der Waals surface area contributed by atoms with Crippen LogP contribution in [-0.2, 0) is 4.79 Å². The lowest BCUT2D eigenvalue weighted by Gasteiger charge is -2.11. The van der Waals surface area contributed by atoms with Crippen molar-refractivity contribution >= 4 is 5.91 Å². The van der Waals surface area contributed by atoms with Gasteiger partial charge in [0.1, 0.15) is 0 Å². The highest BCUT2D eigenvalue weighted by molar-refractivity contribution is 5.94. The molecule has 0 aromatic carbocycles. The largest absolute Gasteiger partial charge is 0.347 e. The molecule has 2 heteroatoms. The summed E-state index contributed by atoms with van der Waals surface area (Å²) in [5.41, 5.74) is 1.14.